The summed E-state index contributed by atoms with van der Waals surface area (Å²) in [6, 6.07) is 14.7. The van der Waals surface area contributed by atoms with Gasteiger partial charge in [0.15, 0.2) is 5.54 Å². The van der Waals surface area contributed by atoms with Gasteiger partial charge in [-0.2, -0.15) is 0 Å². The molecule has 0 radical (unpaired) electrons. The van der Waals surface area contributed by atoms with Crippen LogP contribution in [0.5, 0.6) is 5.75 Å². The molecular formula is C17H19NO3. The lowest BCUT2D eigenvalue weighted by atomic mass is 9.90. The van der Waals surface area contributed by atoms with Crippen LogP contribution in [0.2, 0.25) is 0 Å². The molecule has 0 aliphatic heterocycles. The van der Waals surface area contributed by atoms with Crippen LogP contribution in [0.25, 0.3) is 0 Å². The van der Waals surface area contributed by atoms with E-state index in [1.807, 2.05) is 37.3 Å². The molecule has 0 aromatic heterocycles. The summed E-state index contributed by atoms with van der Waals surface area (Å²) in [7, 11) is 1.53. The van der Waals surface area contributed by atoms with Crippen molar-refractivity contribution in [2.75, 3.05) is 12.4 Å². The third-order valence-corrected chi connectivity index (χ3v) is 3.52. The SMILES string of the molecule is COc1ccccc1C(C)(Nc1ccc(C)cc1)C(=O)O. The summed E-state index contributed by atoms with van der Waals surface area (Å²) in [5, 5.41) is 12.8. The Kier molecular flexibility index (Phi) is 4.17. The summed E-state index contributed by atoms with van der Waals surface area (Å²) in [6.45, 7) is 3.62. The topological polar surface area (TPSA) is 58.6 Å². The molecule has 21 heavy (non-hydrogen) atoms. The highest BCUT2D eigenvalue weighted by Gasteiger charge is 2.37. The van der Waals surface area contributed by atoms with E-state index in [-0.39, 0.29) is 0 Å². The molecule has 2 aromatic carbocycles. The van der Waals surface area contributed by atoms with E-state index in [9.17, 15) is 9.90 Å². The fourth-order valence-electron chi connectivity index (χ4n) is 2.22. The van der Waals surface area contributed by atoms with Gasteiger partial charge in [-0.3, -0.25) is 0 Å². The Balaban J connectivity index is 2.45. The first kappa shape index (κ1) is 14.9. The Hall–Kier alpha value is -2.49. The Morgan fingerprint density at radius 2 is 1.76 bits per heavy atom. The van der Waals surface area contributed by atoms with Crippen molar-refractivity contribution in [2.45, 2.75) is 19.4 Å². The number of carboxylic acids is 1. The first-order valence-corrected chi connectivity index (χ1v) is 6.69. The lowest BCUT2D eigenvalue weighted by Crippen LogP contribution is -2.40. The number of carbonyl (C=O) groups is 1. The average molecular weight is 285 g/mol. The molecule has 0 bridgehead atoms. The van der Waals surface area contributed by atoms with Gasteiger partial charge >= 0.3 is 5.97 Å². The van der Waals surface area contributed by atoms with Gasteiger partial charge < -0.3 is 15.2 Å². The van der Waals surface area contributed by atoms with Gasteiger partial charge in [0.1, 0.15) is 5.75 Å². The molecule has 0 heterocycles. The predicted molar refractivity (Wildman–Crippen MR) is 82.8 cm³/mol. The van der Waals surface area contributed by atoms with E-state index in [1.165, 1.54) is 7.11 Å². The zero-order valence-corrected chi connectivity index (χ0v) is 12.4. The second-order valence-electron chi connectivity index (χ2n) is 5.12. The van der Waals surface area contributed by atoms with E-state index < -0.39 is 11.5 Å². The fourth-order valence-corrected chi connectivity index (χ4v) is 2.22. The molecule has 0 saturated heterocycles. The normalized spacial score (nSPS) is 13.3. The molecule has 2 aromatic rings. The van der Waals surface area contributed by atoms with Gasteiger partial charge in [0, 0.05) is 11.3 Å². The van der Waals surface area contributed by atoms with Crippen molar-refractivity contribution in [3.05, 3.63) is 59.7 Å². The van der Waals surface area contributed by atoms with Gasteiger partial charge in [-0.25, -0.2) is 4.79 Å². The fraction of sp³-hybridized carbons (Fsp3) is 0.235. The smallest absolute Gasteiger partial charge is 0.333 e. The lowest BCUT2D eigenvalue weighted by molar-refractivity contribution is -0.142. The minimum Gasteiger partial charge on any atom is -0.496 e. The highest BCUT2D eigenvalue weighted by atomic mass is 16.5. The molecule has 0 fully saturated rings. The second kappa shape index (κ2) is 5.87. The predicted octanol–water partition coefficient (Wildman–Crippen LogP) is 3.42. The Bertz CT molecular complexity index is 637. The summed E-state index contributed by atoms with van der Waals surface area (Å²) < 4.78 is 5.30. The number of aliphatic carboxylic acids is 1. The van der Waals surface area contributed by atoms with Crippen molar-refractivity contribution in [2.24, 2.45) is 0 Å². The number of benzene rings is 2. The molecule has 4 heteroatoms. The maximum atomic E-state index is 11.8. The average Bonchev–Trinajstić information content (AvgIpc) is 2.49. The van der Waals surface area contributed by atoms with Crippen molar-refractivity contribution in [1.82, 2.24) is 0 Å². The number of nitrogens with one attached hydrogen (secondary N) is 1. The molecule has 2 rings (SSSR count). The van der Waals surface area contributed by atoms with Gasteiger partial charge in [-0.1, -0.05) is 35.9 Å². The molecule has 1 atom stereocenters. The Morgan fingerprint density at radius 3 is 2.33 bits per heavy atom. The third kappa shape index (κ3) is 2.99. The van der Waals surface area contributed by atoms with Crippen molar-refractivity contribution in [1.29, 1.82) is 0 Å². The van der Waals surface area contributed by atoms with Crippen LogP contribution in [0.1, 0.15) is 18.1 Å². The summed E-state index contributed by atoms with van der Waals surface area (Å²) in [4.78, 5) is 11.8. The van der Waals surface area contributed by atoms with Crippen LogP contribution in [-0.2, 0) is 10.3 Å². The van der Waals surface area contributed by atoms with E-state index in [0.29, 0.717) is 11.3 Å². The number of hydrogen-bond acceptors (Lipinski definition) is 3. The molecule has 0 aliphatic rings. The largest absolute Gasteiger partial charge is 0.496 e. The maximum absolute atomic E-state index is 11.8. The number of para-hydroxylation sites is 1. The van der Waals surface area contributed by atoms with Gasteiger partial charge in [0.05, 0.1) is 7.11 Å². The first-order chi connectivity index (χ1) is 9.97. The standard InChI is InChI=1S/C17H19NO3/c1-12-8-10-13(11-9-12)18-17(2,16(19)20)14-6-4-5-7-15(14)21-3/h4-11,18H,1-3H3,(H,19,20). The molecule has 0 saturated carbocycles. The number of carboxylic acid groups (broad SMARTS) is 1. The molecule has 0 amide bonds. The lowest BCUT2D eigenvalue weighted by Gasteiger charge is -2.29. The minimum atomic E-state index is -1.28. The summed E-state index contributed by atoms with van der Waals surface area (Å²) in [5.74, 6) is -0.422. The Morgan fingerprint density at radius 1 is 1.14 bits per heavy atom. The van der Waals surface area contributed by atoms with Crippen molar-refractivity contribution in [3.63, 3.8) is 0 Å². The number of rotatable bonds is 5. The van der Waals surface area contributed by atoms with E-state index in [2.05, 4.69) is 5.32 Å². The summed E-state index contributed by atoms with van der Waals surface area (Å²) in [5.41, 5.74) is 1.17. The quantitative estimate of drug-likeness (QED) is 0.883. The zero-order chi connectivity index (χ0) is 15.5. The van der Waals surface area contributed by atoms with Gasteiger partial charge in [-0.15, -0.1) is 0 Å². The maximum Gasteiger partial charge on any atom is 0.333 e. The molecule has 110 valence electrons. The van der Waals surface area contributed by atoms with Crippen LogP contribution < -0.4 is 10.1 Å². The van der Waals surface area contributed by atoms with E-state index in [0.717, 1.165) is 11.3 Å². The summed E-state index contributed by atoms with van der Waals surface area (Å²) >= 11 is 0. The van der Waals surface area contributed by atoms with Gasteiger partial charge in [0.2, 0.25) is 0 Å². The van der Waals surface area contributed by atoms with E-state index in [4.69, 9.17) is 4.74 Å². The van der Waals surface area contributed by atoms with E-state index >= 15 is 0 Å². The highest BCUT2D eigenvalue weighted by molar-refractivity contribution is 5.85. The molecule has 0 spiro atoms. The van der Waals surface area contributed by atoms with Crippen LogP contribution in [-0.4, -0.2) is 18.2 Å². The number of hydrogen-bond donors (Lipinski definition) is 2. The van der Waals surface area contributed by atoms with Crippen molar-refractivity contribution < 1.29 is 14.6 Å². The zero-order valence-electron chi connectivity index (χ0n) is 12.4. The van der Waals surface area contributed by atoms with E-state index in [1.54, 1.807) is 25.1 Å². The molecular weight excluding hydrogens is 266 g/mol. The number of methoxy groups -OCH3 is 1. The van der Waals surface area contributed by atoms with Gasteiger partial charge in [0.25, 0.3) is 0 Å². The van der Waals surface area contributed by atoms with Crippen LogP contribution in [0, 0.1) is 6.92 Å². The third-order valence-electron chi connectivity index (χ3n) is 3.52. The number of ether oxygens (including phenoxy) is 1. The first-order valence-electron chi connectivity index (χ1n) is 6.69. The Labute approximate surface area is 124 Å². The molecule has 1 unspecified atom stereocenters. The minimum absolute atomic E-state index is 0.544. The summed E-state index contributed by atoms with van der Waals surface area (Å²) in [6.07, 6.45) is 0. The van der Waals surface area contributed by atoms with Crippen LogP contribution in [0.15, 0.2) is 48.5 Å². The molecule has 0 aliphatic carbocycles. The van der Waals surface area contributed by atoms with Crippen LogP contribution >= 0.6 is 0 Å². The highest BCUT2D eigenvalue weighted by Crippen LogP contribution is 2.33. The van der Waals surface area contributed by atoms with Gasteiger partial charge in [-0.05, 0) is 32.0 Å². The van der Waals surface area contributed by atoms with Crippen LogP contribution in [0.4, 0.5) is 5.69 Å². The van der Waals surface area contributed by atoms with Crippen LogP contribution in [0.3, 0.4) is 0 Å². The van der Waals surface area contributed by atoms with Crippen molar-refractivity contribution in [3.8, 4) is 5.75 Å². The molecule has 4 nitrogen and oxygen atoms in total. The molecule has 2 N–H and O–H groups in total. The van der Waals surface area contributed by atoms with Crippen molar-refractivity contribution >= 4 is 11.7 Å². The second-order valence-corrected chi connectivity index (χ2v) is 5.12. The monoisotopic (exact) mass is 285 g/mol. The number of aryl methyl sites for hydroxylation is 1. The number of anilines is 1.